The van der Waals surface area contributed by atoms with Gasteiger partial charge in [0.1, 0.15) is 11.9 Å². The molecule has 1 N–H and O–H groups in total. The summed E-state index contributed by atoms with van der Waals surface area (Å²) in [7, 11) is 0. The van der Waals surface area contributed by atoms with Crippen molar-refractivity contribution >= 4 is 5.71 Å². The summed E-state index contributed by atoms with van der Waals surface area (Å²) in [5.41, 5.74) is 2.80. The average molecular weight is 398 g/mol. The van der Waals surface area contributed by atoms with Crippen LogP contribution >= 0.6 is 0 Å². The van der Waals surface area contributed by atoms with Gasteiger partial charge in [0, 0.05) is 26.1 Å². The van der Waals surface area contributed by atoms with Gasteiger partial charge < -0.3 is 14.7 Å². The number of benzene rings is 2. The molecule has 2 atom stereocenters. The molecular formula is C23H27FN2O3. The molecule has 1 aliphatic heterocycles. The summed E-state index contributed by atoms with van der Waals surface area (Å²) < 4.78 is 18.9. The molecule has 154 valence electrons. The van der Waals surface area contributed by atoms with Gasteiger partial charge in [-0.2, -0.15) is 0 Å². The van der Waals surface area contributed by atoms with E-state index in [0.29, 0.717) is 32.7 Å². The first kappa shape index (κ1) is 21.2. The topological polar surface area (TPSA) is 54.3 Å². The smallest absolute Gasteiger partial charge is 0.145 e. The minimum absolute atomic E-state index is 0.125. The number of aliphatic hydroxyl groups excluding tert-OH is 1. The molecule has 29 heavy (non-hydrogen) atoms. The van der Waals surface area contributed by atoms with Crippen LogP contribution in [0, 0.1) is 5.82 Å². The van der Waals surface area contributed by atoms with E-state index in [9.17, 15) is 9.50 Å². The minimum Gasteiger partial charge on any atom is -0.390 e. The van der Waals surface area contributed by atoms with Gasteiger partial charge in [0.15, 0.2) is 0 Å². The van der Waals surface area contributed by atoms with Crippen molar-refractivity contribution in [2.45, 2.75) is 25.2 Å². The zero-order valence-electron chi connectivity index (χ0n) is 16.4. The van der Waals surface area contributed by atoms with E-state index < -0.39 is 6.10 Å². The largest absolute Gasteiger partial charge is 0.390 e. The molecule has 1 heterocycles. The highest BCUT2D eigenvalue weighted by molar-refractivity contribution is 6.01. The number of aliphatic hydroxyl groups is 1. The van der Waals surface area contributed by atoms with Crippen LogP contribution in [0.25, 0.3) is 0 Å². The van der Waals surface area contributed by atoms with Gasteiger partial charge in [-0.15, -0.1) is 6.58 Å². The predicted molar refractivity (Wildman–Crippen MR) is 111 cm³/mol. The Hall–Kier alpha value is -2.54. The van der Waals surface area contributed by atoms with Crippen LogP contribution in [0.15, 0.2) is 72.4 Å². The van der Waals surface area contributed by atoms with Crippen LogP contribution in [-0.2, 0) is 16.1 Å². The standard InChI is InChI=1S/C23H27FN2O3/c1-2-11-28-17-21(27)15-26(14-18-7-6-10-20(24)12-18)16-22-13-23(25-29-22)19-8-4-3-5-9-19/h2-10,12,21-22,27H,1,11,13-17H2/t21-,22-/m0/s1. The summed E-state index contributed by atoms with van der Waals surface area (Å²) in [5.74, 6) is -0.274. The van der Waals surface area contributed by atoms with Crippen molar-refractivity contribution in [1.82, 2.24) is 4.90 Å². The van der Waals surface area contributed by atoms with Crippen molar-refractivity contribution in [2.24, 2.45) is 5.16 Å². The van der Waals surface area contributed by atoms with Gasteiger partial charge in [-0.25, -0.2) is 4.39 Å². The Morgan fingerprint density at radius 1 is 1.28 bits per heavy atom. The molecule has 5 nitrogen and oxygen atoms in total. The first-order valence-corrected chi connectivity index (χ1v) is 9.75. The quantitative estimate of drug-likeness (QED) is 0.466. The fourth-order valence-electron chi connectivity index (χ4n) is 3.35. The van der Waals surface area contributed by atoms with Crippen LogP contribution in [0.5, 0.6) is 0 Å². The van der Waals surface area contributed by atoms with Crippen LogP contribution in [0.2, 0.25) is 0 Å². The van der Waals surface area contributed by atoms with E-state index in [0.717, 1.165) is 16.8 Å². The summed E-state index contributed by atoms with van der Waals surface area (Å²) in [4.78, 5) is 7.68. The second kappa shape index (κ2) is 10.9. The van der Waals surface area contributed by atoms with Crippen molar-refractivity contribution < 1.29 is 19.1 Å². The van der Waals surface area contributed by atoms with Crippen LogP contribution in [-0.4, -0.2) is 54.2 Å². The Morgan fingerprint density at radius 2 is 2.10 bits per heavy atom. The molecule has 0 bridgehead atoms. The van der Waals surface area contributed by atoms with Gasteiger partial charge in [0.05, 0.1) is 25.0 Å². The maximum atomic E-state index is 13.6. The maximum absolute atomic E-state index is 13.6. The Balaban J connectivity index is 1.61. The fraction of sp³-hybridized carbons (Fsp3) is 0.348. The van der Waals surface area contributed by atoms with E-state index in [1.807, 2.05) is 41.3 Å². The molecule has 0 radical (unpaired) electrons. The molecule has 0 saturated heterocycles. The Labute approximate surface area is 171 Å². The van der Waals surface area contributed by atoms with Gasteiger partial charge in [-0.3, -0.25) is 4.90 Å². The van der Waals surface area contributed by atoms with E-state index in [4.69, 9.17) is 9.57 Å². The number of hydrogen-bond acceptors (Lipinski definition) is 5. The van der Waals surface area contributed by atoms with E-state index in [-0.39, 0.29) is 18.5 Å². The molecule has 2 aromatic carbocycles. The fourth-order valence-corrected chi connectivity index (χ4v) is 3.35. The molecule has 3 rings (SSSR count). The number of ether oxygens (including phenoxy) is 1. The van der Waals surface area contributed by atoms with Gasteiger partial charge in [-0.1, -0.05) is 53.7 Å². The third kappa shape index (κ3) is 6.78. The van der Waals surface area contributed by atoms with Crippen LogP contribution in [0.3, 0.4) is 0 Å². The van der Waals surface area contributed by atoms with Gasteiger partial charge in [0.25, 0.3) is 0 Å². The van der Waals surface area contributed by atoms with Crippen molar-refractivity contribution in [3.63, 3.8) is 0 Å². The molecule has 0 saturated carbocycles. The summed E-state index contributed by atoms with van der Waals surface area (Å²) in [6, 6.07) is 16.4. The first-order chi connectivity index (χ1) is 14.1. The van der Waals surface area contributed by atoms with Gasteiger partial charge in [0.2, 0.25) is 0 Å². The highest BCUT2D eigenvalue weighted by Crippen LogP contribution is 2.19. The van der Waals surface area contributed by atoms with Crippen molar-refractivity contribution in [2.75, 3.05) is 26.3 Å². The number of oxime groups is 1. The molecule has 0 spiro atoms. The second-order valence-electron chi connectivity index (χ2n) is 7.14. The Kier molecular flexibility index (Phi) is 7.93. The third-order valence-electron chi connectivity index (χ3n) is 4.61. The number of halogens is 1. The third-order valence-corrected chi connectivity index (χ3v) is 4.61. The lowest BCUT2D eigenvalue weighted by Gasteiger charge is -2.27. The van der Waals surface area contributed by atoms with Crippen LogP contribution in [0.4, 0.5) is 4.39 Å². The lowest BCUT2D eigenvalue weighted by molar-refractivity contribution is 0.00334. The molecule has 6 heteroatoms. The summed E-state index contributed by atoms with van der Waals surface area (Å²) in [6.45, 7) is 5.65. The Bertz CT molecular complexity index is 813. The highest BCUT2D eigenvalue weighted by atomic mass is 19.1. The second-order valence-corrected chi connectivity index (χ2v) is 7.14. The SMILES string of the molecule is C=CCOC[C@@H](O)CN(Cc1cccc(F)c1)C[C@@H]1CC(c2ccccc2)=NO1. The zero-order valence-corrected chi connectivity index (χ0v) is 16.4. The minimum atomic E-state index is -0.667. The van der Waals surface area contributed by atoms with Gasteiger partial charge in [-0.05, 0) is 23.3 Å². The first-order valence-electron chi connectivity index (χ1n) is 9.75. The Morgan fingerprint density at radius 3 is 2.86 bits per heavy atom. The lowest BCUT2D eigenvalue weighted by atomic mass is 10.0. The summed E-state index contributed by atoms with van der Waals surface area (Å²) in [6.07, 6.45) is 1.54. The molecule has 1 aliphatic rings. The summed E-state index contributed by atoms with van der Waals surface area (Å²) >= 11 is 0. The lowest BCUT2D eigenvalue weighted by Crippen LogP contribution is -2.39. The average Bonchev–Trinajstić information content (AvgIpc) is 3.17. The molecule has 0 unspecified atom stereocenters. The normalized spacial score (nSPS) is 17.1. The molecule has 2 aromatic rings. The molecule has 0 fully saturated rings. The van der Waals surface area contributed by atoms with Crippen LogP contribution < -0.4 is 0 Å². The van der Waals surface area contributed by atoms with E-state index >= 15 is 0 Å². The van der Waals surface area contributed by atoms with Crippen LogP contribution in [0.1, 0.15) is 17.5 Å². The van der Waals surface area contributed by atoms with E-state index in [2.05, 4.69) is 11.7 Å². The monoisotopic (exact) mass is 398 g/mol. The molecule has 0 aliphatic carbocycles. The van der Waals surface area contributed by atoms with E-state index in [1.165, 1.54) is 12.1 Å². The van der Waals surface area contributed by atoms with Crippen molar-refractivity contribution in [3.8, 4) is 0 Å². The molecule has 0 amide bonds. The van der Waals surface area contributed by atoms with E-state index in [1.54, 1.807) is 12.1 Å². The zero-order chi connectivity index (χ0) is 20.5. The summed E-state index contributed by atoms with van der Waals surface area (Å²) in [5, 5.41) is 14.6. The maximum Gasteiger partial charge on any atom is 0.145 e. The van der Waals surface area contributed by atoms with Crippen molar-refractivity contribution in [1.29, 1.82) is 0 Å². The van der Waals surface area contributed by atoms with Gasteiger partial charge >= 0.3 is 0 Å². The molecule has 0 aromatic heterocycles. The van der Waals surface area contributed by atoms with Crippen molar-refractivity contribution in [3.05, 3.63) is 84.2 Å². The number of rotatable bonds is 11. The number of nitrogens with zero attached hydrogens (tertiary/aromatic N) is 2. The molecular weight excluding hydrogens is 371 g/mol. The number of hydrogen-bond donors (Lipinski definition) is 1. The predicted octanol–water partition coefficient (Wildman–Crippen LogP) is 3.38. The highest BCUT2D eigenvalue weighted by Gasteiger charge is 2.25.